The Morgan fingerprint density at radius 1 is 1.18 bits per heavy atom. The molecular formula is C29H29N7O4. The van der Waals surface area contributed by atoms with Crippen LogP contribution in [0.1, 0.15) is 27.3 Å². The summed E-state index contributed by atoms with van der Waals surface area (Å²) in [5, 5.41) is 4.82. The number of amides is 1. The summed E-state index contributed by atoms with van der Waals surface area (Å²) in [6.07, 6.45) is 6.61. The second kappa shape index (κ2) is 11.4. The molecule has 4 aromatic rings. The Balaban J connectivity index is 1.52. The number of hydrogen-bond acceptors (Lipinski definition) is 8. The fraction of sp³-hybridized carbons (Fsp3) is 0.207. The van der Waals surface area contributed by atoms with Crippen LogP contribution >= 0.6 is 0 Å². The highest BCUT2D eigenvalue weighted by molar-refractivity contribution is 6.42. The van der Waals surface area contributed by atoms with Crippen molar-refractivity contribution in [3.05, 3.63) is 101 Å². The van der Waals surface area contributed by atoms with Crippen molar-refractivity contribution in [2.75, 3.05) is 20.8 Å². The topological polar surface area (TPSA) is 141 Å². The molecule has 0 atom stereocenters. The van der Waals surface area contributed by atoms with Gasteiger partial charge in [0.1, 0.15) is 18.7 Å². The van der Waals surface area contributed by atoms with E-state index in [0.717, 1.165) is 22.4 Å². The van der Waals surface area contributed by atoms with E-state index in [2.05, 4.69) is 26.6 Å². The Kier molecular flexibility index (Phi) is 7.56. The number of ether oxygens (including phenoxy) is 2. The van der Waals surface area contributed by atoms with Gasteiger partial charge in [-0.3, -0.25) is 14.6 Å². The summed E-state index contributed by atoms with van der Waals surface area (Å²) in [6.45, 7) is 4.67. The Bertz CT molecular complexity index is 1710. The largest absolute Gasteiger partial charge is 0.496 e. The van der Waals surface area contributed by atoms with Crippen molar-refractivity contribution in [3.8, 4) is 11.3 Å². The van der Waals surface area contributed by atoms with Crippen molar-refractivity contribution in [1.82, 2.24) is 29.6 Å². The van der Waals surface area contributed by atoms with Crippen LogP contribution < -0.4 is 16.3 Å². The summed E-state index contributed by atoms with van der Waals surface area (Å²) in [5.74, 6) is -0.440. The second-order valence-electron chi connectivity index (χ2n) is 9.10. The highest BCUT2D eigenvalue weighted by Gasteiger charge is 2.30. The monoisotopic (exact) mass is 539 g/mol. The normalized spacial score (nSPS) is 14.3. The van der Waals surface area contributed by atoms with Gasteiger partial charge in [-0.15, -0.1) is 0 Å². The van der Waals surface area contributed by atoms with E-state index in [1.807, 2.05) is 36.4 Å². The fourth-order valence-electron chi connectivity index (χ4n) is 4.95. The fourth-order valence-corrected chi connectivity index (χ4v) is 4.95. The van der Waals surface area contributed by atoms with Crippen LogP contribution in [0.4, 0.5) is 0 Å². The van der Waals surface area contributed by atoms with Gasteiger partial charge in [0, 0.05) is 38.2 Å². The van der Waals surface area contributed by atoms with E-state index in [4.69, 9.17) is 15.2 Å². The zero-order valence-electron chi connectivity index (χ0n) is 22.3. The SMILES string of the molecule is C=C/C(OC)=c1/c(C(=O)C(=O)N2CCc3c(cccc3-c3ccccn3)C2)c[nH]/c1=C(/N)n1ncnc1COC. The Labute approximate surface area is 230 Å². The van der Waals surface area contributed by atoms with Gasteiger partial charge in [0.25, 0.3) is 11.7 Å². The lowest BCUT2D eigenvalue weighted by atomic mass is 9.92. The van der Waals surface area contributed by atoms with E-state index in [9.17, 15) is 9.59 Å². The number of carbonyl (C=O) groups is 2. The van der Waals surface area contributed by atoms with Crippen molar-refractivity contribution in [3.63, 3.8) is 0 Å². The van der Waals surface area contributed by atoms with Crippen molar-refractivity contribution in [1.29, 1.82) is 0 Å². The molecule has 0 radical (unpaired) electrons. The molecule has 4 heterocycles. The van der Waals surface area contributed by atoms with Gasteiger partial charge < -0.3 is 25.1 Å². The molecule has 0 fully saturated rings. The minimum Gasteiger partial charge on any atom is -0.496 e. The van der Waals surface area contributed by atoms with E-state index in [1.165, 1.54) is 37.5 Å². The maximum absolute atomic E-state index is 13.7. The van der Waals surface area contributed by atoms with Crippen LogP contribution in [0.15, 0.2) is 67.8 Å². The summed E-state index contributed by atoms with van der Waals surface area (Å²) in [6, 6.07) is 11.7. The molecule has 1 aliphatic heterocycles. The van der Waals surface area contributed by atoms with Gasteiger partial charge in [-0.05, 0) is 35.8 Å². The van der Waals surface area contributed by atoms with Gasteiger partial charge in [0.2, 0.25) is 0 Å². The lowest BCUT2D eigenvalue weighted by Gasteiger charge is -2.29. The third-order valence-electron chi connectivity index (χ3n) is 6.84. The molecule has 0 aliphatic carbocycles. The average molecular weight is 540 g/mol. The van der Waals surface area contributed by atoms with Crippen LogP contribution in [0, 0.1) is 0 Å². The number of H-pyrrole nitrogens is 1. The van der Waals surface area contributed by atoms with Crippen molar-refractivity contribution in [2.45, 2.75) is 19.6 Å². The molecule has 11 nitrogen and oxygen atoms in total. The predicted octanol–water partition coefficient (Wildman–Crippen LogP) is 1.10. The summed E-state index contributed by atoms with van der Waals surface area (Å²) in [7, 11) is 2.98. The summed E-state index contributed by atoms with van der Waals surface area (Å²) >= 11 is 0. The number of nitrogens with two attached hydrogens (primary N) is 1. The zero-order valence-corrected chi connectivity index (χ0v) is 22.3. The van der Waals surface area contributed by atoms with Gasteiger partial charge in [0.15, 0.2) is 11.6 Å². The second-order valence-corrected chi connectivity index (χ2v) is 9.10. The van der Waals surface area contributed by atoms with Crippen LogP contribution in [0.2, 0.25) is 0 Å². The Morgan fingerprint density at radius 3 is 2.75 bits per heavy atom. The van der Waals surface area contributed by atoms with Crippen LogP contribution in [0.3, 0.4) is 0 Å². The molecule has 0 bridgehead atoms. The van der Waals surface area contributed by atoms with E-state index < -0.39 is 11.7 Å². The number of hydrogen-bond donors (Lipinski definition) is 2. The van der Waals surface area contributed by atoms with Crippen LogP contribution in [0.25, 0.3) is 22.8 Å². The number of fused-ring (bicyclic) bond motifs is 1. The number of rotatable bonds is 8. The van der Waals surface area contributed by atoms with Crippen LogP contribution in [-0.2, 0) is 33.8 Å². The summed E-state index contributed by atoms with van der Waals surface area (Å²) in [5.41, 5.74) is 10.6. The maximum atomic E-state index is 13.7. The third kappa shape index (κ3) is 4.78. The smallest absolute Gasteiger partial charge is 0.295 e. The predicted molar refractivity (Wildman–Crippen MR) is 148 cm³/mol. The number of pyridine rings is 1. The number of Topliss-reactive ketones (excluding diaryl/α,β-unsaturated/α-hetero) is 1. The summed E-state index contributed by atoms with van der Waals surface area (Å²) in [4.78, 5) is 40.4. The first-order valence-electron chi connectivity index (χ1n) is 12.6. The molecule has 5 rings (SSSR count). The zero-order chi connectivity index (χ0) is 28.2. The number of carbonyl (C=O) groups excluding carboxylic acids is 2. The molecule has 204 valence electrons. The van der Waals surface area contributed by atoms with Crippen molar-refractivity contribution < 1.29 is 19.1 Å². The molecule has 0 saturated carbocycles. The molecule has 11 heteroatoms. The van der Waals surface area contributed by atoms with Crippen LogP contribution in [0.5, 0.6) is 0 Å². The molecule has 0 spiro atoms. The number of ketones is 1. The minimum absolute atomic E-state index is 0.112. The number of nitrogens with one attached hydrogen (secondary N) is 1. The van der Waals surface area contributed by atoms with E-state index in [-0.39, 0.29) is 23.8 Å². The summed E-state index contributed by atoms with van der Waals surface area (Å²) < 4.78 is 12.1. The third-order valence-corrected chi connectivity index (χ3v) is 6.84. The Hall–Kier alpha value is -5.03. The number of aromatic amines is 1. The Morgan fingerprint density at radius 2 is 2.02 bits per heavy atom. The van der Waals surface area contributed by atoms with Crippen molar-refractivity contribution in [2.24, 2.45) is 5.73 Å². The molecule has 0 unspecified atom stereocenters. The van der Waals surface area contributed by atoms with Gasteiger partial charge >= 0.3 is 0 Å². The van der Waals surface area contributed by atoms with Gasteiger partial charge in [0.05, 0.1) is 28.9 Å². The van der Waals surface area contributed by atoms with Crippen molar-refractivity contribution >= 4 is 23.3 Å². The van der Waals surface area contributed by atoms with Crippen LogP contribution in [-0.4, -0.2) is 62.1 Å². The maximum Gasteiger partial charge on any atom is 0.295 e. The first kappa shape index (κ1) is 26.6. The molecule has 3 N–H and O–H groups in total. The highest BCUT2D eigenvalue weighted by Crippen LogP contribution is 2.29. The molecule has 0 saturated heterocycles. The quantitative estimate of drug-likeness (QED) is 0.251. The van der Waals surface area contributed by atoms with Gasteiger partial charge in [-0.1, -0.05) is 30.8 Å². The number of nitrogens with zero attached hydrogens (tertiary/aromatic N) is 5. The molecule has 3 aromatic heterocycles. The number of methoxy groups -OCH3 is 2. The number of aromatic nitrogens is 5. The molecule has 1 aliphatic rings. The van der Waals surface area contributed by atoms with Gasteiger partial charge in [-0.2, -0.15) is 9.78 Å². The molecule has 40 heavy (non-hydrogen) atoms. The van der Waals surface area contributed by atoms with E-state index in [0.29, 0.717) is 35.9 Å². The first-order chi connectivity index (χ1) is 19.5. The molecule has 1 amide bonds. The average Bonchev–Trinajstić information content (AvgIpc) is 3.65. The minimum atomic E-state index is -0.693. The first-order valence-corrected chi connectivity index (χ1v) is 12.6. The van der Waals surface area contributed by atoms with Gasteiger partial charge in [-0.25, -0.2) is 4.98 Å². The lowest BCUT2D eigenvalue weighted by molar-refractivity contribution is -0.127. The molecular weight excluding hydrogens is 510 g/mol. The highest BCUT2D eigenvalue weighted by atomic mass is 16.5. The standard InChI is InChI=1S/C29H29N7O4/c1-4-23(40-3)25-21(14-32-26(25)28(30)36-24(16-39-2)33-17-34-36)27(37)29(38)35-13-11-19-18(15-35)8-7-9-20(19)22-10-5-6-12-31-22/h4-10,12,14,17,32H,1,11,13,15-16,30H2,2-3H3/b25-23+,28-26-. The van der Waals surface area contributed by atoms with E-state index >= 15 is 0 Å². The lowest BCUT2D eigenvalue weighted by Crippen LogP contribution is -2.43. The van der Waals surface area contributed by atoms with E-state index in [1.54, 1.807) is 11.1 Å². The number of benzene rings is 1. The molecule has 1 aromatic carbocycles.